The molecule has 0 aliphatic carbocycles. The quantitative estimate of drug-likeness (QED) is 0.0741. The summed E-state index contributed by atoms with van der Waals surface area (Å²) in [4.78, 5) is 8.87. The van der Waals surface area contributed by atoms with E-state index in [4.69, 9.17) is 15.9 Å². The smallest absolute Gasteiger partial charge is 0.156 e. The second kappa shape index (κ2) is 27.9. The van der Waals surface area contributed by atoms with Gasteiger partial charge in [-0.25, -0.2) is 4.39 Å². The number of aryl methyl sites for hydroxylation is 2. The third kappa shape index (κ3) is 26.4. The van der Waals surface area contributed by atoms with Crippen LogP contribution >= 0.6 is 0 Å². The van der Waals surface area contributed by atoms with Crippen molar-refractivity contribution in [1.29, 1.82) is 0 Å². The largest absolute Gasteiger partial charge is 0.388 e. The first-order valence-corrected chi connectivity index (χ1v) is 14.7. The zero-order chi connectivity index (χ0) is 34.8. The maximum Gasteiger partial charge on any atom is 0.156 e. The maximum atomic E-state index is 15.0. The Hall–Kier alpha value is -2.91. The van der Waals surface area contributed by atoms with Crippen LogP contribution < -0.4 is 11.1 Å². The Morgan fingerprint density at radius 1 is 1.19 bits per heavy atom. The van der Waals surface area contributed by atoms with Crippen molar-refractivity contribution in [2.24, 2.45) is 21.6 Å². The van der Waals surface area contributed by atoms with E-state index in [1.54, 1.807) is 34.3 Å². The topological polar surface area (TPSA) is 112 Å². The predicted molar refractivity (Wildman–Crippen MR) is 194 cm³/mol. The summed E-state index contributed by atoms with van der Waals surface area (Å²) >= 11 is 0. The monoisotopic (exact) mass is 613 g/mol. The van der Waals surface area contributed by atoms with Crippen LogP contribution in [0.1, 0.15) is 90.2 Å². The lowest BCUT2D eigenvalue weighted by molar-refractivity contribution is -0.127. The summed E-state index contributed by atoms with van der Waals surface area (Å²) in [5, 5.41) is 19.4. The molecule has 1 aromatic carbocycles. The zero-order valence-electron chi connectivity index (χ0n) is 29.6. The first-order valence-electron chi connectivity index (χ1n) is 14.7. The summed E-state index contributed by atoms with van der Waals surface area (Å²) in [5.41, 5.74) is 10.1. The van der Waals surface area contributed by atoms with Crippen molar-refractivity contribution < 1.29 is 23.6 Å². The number of hydrogen-bond donors (Lipinski definition) is 4. The van der Waals surface area contributed by atoms with Crippen molar-refractivity contribution in [3.05, 3.63) is 83.4 Å². The number of nitrogens with two attached hydrogens (primary N) is 1. The Morgan fingerprint density at radius 2 is 1.65 bits per heavy atom. The molecule has 0 aromatic heterocycles. The highest BCUT2D eigenvalue weighted by Gasteiger charge is 2.19. The molecular formula is C35H69FN4O3. The minimum absolute atomic E-state index is 0. The molecule has 0 saturated carbocycles. The Balaban J connectivity index is -0.000000142. The molecular weight excluding hydrogens is 543 g/mol. The molecule has 0 spiro atoms. The molecule has 43 heavy (non-hydrogen) atoms. The molecule has 1 rings (SSSR count). The standard InChI is InChI=1S/C23H33FN4.C5H10.C3H8O2.C2H6O.C2H6.3H2/c1-8-11-21(28-17(6)27-14-16(5)25)19(10-3)23(26-7)20-13-18(9-2)12-15(4)22(20)24;1-4-5(2)3;1-3(2,4)5;1-3-2;1-2;;;/h8,10-13,16H,1,9,14,25H2,2-7H3,(H,27,28);4-5H,1H2,2-3H3;4-5H,1-2H3;1-2H3;1-2H3;3*1H/b19-10-,21-11-,26-23?;;;;;;;/t16-;;;;;;;/m0......./s1. The van der Waals surface area contributed by atoms with Gasteiger partial charge in [-0.2, -0.15) is 0 Å². The minimum atomic E-state index is -1.50. The third-order valence-corrected chi connectivity index (χ3v) is 4.72. The average molecular weight is 613 g/mol. The fourth-order valence-electron chi connectivity index (χ4n) is 2.86. The molecule has 0 amide bonds. The number of halogens is 1. The van der Waals surface area contributed by atoms with Crippen LogP contribution in [-0.2, 0) is 11.2 Å². The van der Waals surface area contributed by atoms with Gasteiger partial charge in [-0.3, -0.25) is 9.98 Å². The molecule has 5 N–H and O–H groups in total. The molecule has 0 fully saturated rings. The summed E-state index contributed by atoms with van der Waals surface area (Å²) < 4.78 is 19.2. The van der Waals surface area contributed by atoms with E-state index in [-0.39, 0.29) is 16.1 Å². The molecule has 0 bridgehead atoms. The highest BCUT2D eigenvalue weighted by atomic mass is 19.1. The summed E-state index contributed by atoms with van der Waals surface area (Å²) in [5.74, 6) is -0.383. The lowest BCUT2D eigenvalue weighted by atomic mass is 9.94. The van der Waals surface area contributed by atoms with Crippen LogP contribution in [0, 0.1) is 18.7 Å². The first kappa shape index (κ1) is 47.0. The molecule has 0 aliphatic heterocycles. The Morgan fingerprint density at radius 3 is 1.98 bits per heavy atom. The second-order valence-electron chi connectivity index (χ2n) is 10.1. The lowest BCUT2D eigenvalue weighted by Crippen LogP contribution is -2.27. The van der Waals surface area contributed by atoms with Gasteiger partial charge in [-0.05, 0) is 77.2 Å². The molecule has 1 aromatic rings. The van der Waals surface area contributed by atoms with Gasteiger partial charge >= 0.3 is 0 Å². The van der Waals surface area contributed by atoms with E-state index in [0.29, 0.717) is 29.3 Å². The number of rotatable bonds is 9. The minimum Gasteiger partial charge on any atom is -0.388 e. The van der Waals surface area contributed by atoms with Gasteiger partial charge in [0.2, 0.25) is 0 Å². The lowest BCUT2D eigenvalue weighted by Gasteiger charge is -2.18. The van der Waals surface area contributed by atoms with E-state index < -0.39 is 5.79 Å². The number of amidine groups is 1. The van der Waals surface area contributed by atoms with Gasteiger partial charge in [-0.15, -0.1) is 6.58 Å². The van der Waals surface area contributed by atoms with Crippen LogP contribution in [0.4, 0.5) is 4.39 Å². The van der Waals surface area contributed by atoms with E-state index in [1.807, 2.05) is 65.0 Å². The van der Waals surface area contributed by atoms with Crippen LogP contribution in [0.5, 0.6) is 0 Å². The molecule has 0 aliphatic rings. The van der Waals surface area contributed by atoms with Gasteiger partial charge in [0.15, 0.2) is 5.79 Å². The molecule has 0 heterocycles. The Kier molecular flexibility index (Phi) is 30.5. The summed E-state index contributed by atoms with van der Waals surface area (Å²) in [6, 6.07) is 3.73. The van der Waals surface area contributed by atoms with Crippen molar-refractivity contribution in [3.8, 4) is 0 Å². The third-order valence-electron chi connectivity index (χ3n) is 4.72. The first-order chi connectivity index (χ1) is 20.0. The SMILES string of the molecule is C=C/C=C(NC(C)=NC[C@H](C)N)/C(=C/C)C(=NC)c1cc(CC)cc(C)c1F.C=CC(C)C.CC.CC(C)(O)O.COC.[HH].[HH].[HH]. The van der Waals surface area contributed by atoms with Crippen LogP contribution in [0.2, 0.25) is 0 Å². The van der Waals surface area contributed by atoms with Crippen molar-refractivity contribution >= 4 is 11.5 Å². The summed E-state index contributed by atoms with van der Waals surface area (Å²) in [7, 11) is 4.93. The second-order valence-corrected chi connectivity index (χ2v) is 10.1. The van der Waals surface area contributed by atoms with Gasteiger partial charge in [0.1, 0.15) is 5.82 Å². The van der Waals surface area contributed by atoms with Gasteiger partial charge in [0.05, 0.1) is 18.1 Å². The van der Waals surface area contributed by atoms with Gasteiger partial charge < -0.3 is 26.0 Å². The number of nitrogens with zero attached hydrogens (tertiary/aromatic N) is 2. The van der Waals surface area contributed by atoms with Gasteiger partial charge in [0, 0.05) is 48.4 Å². The number of nitrogens with one attached hydrogen (secondary N) is 1. The van der Waals surface area contributed by atoms with E-state index >= 15 is 0 Å². The molecule has 8 heteroatoms. The fraction of sp³-hybridized carbons (Fsp3) is 0.543. The van der Waals surface area contributed by atoms with Crippen molar-refractivity contribution in [1.82, 2.24) is 5.32 Å². The molecule has 0 radical (unpaired) electrons. The van der Waals surface area contributed by atoms with E-state index in [9.17, 15) is 4.39 Å². The molecule has 7 nitrogen and oxygen atoms in total. The number of benzene rings is 1. The van der Waals surface area contributed by atoms with Crippen LogP contribution in [0.25, 0.3) is 0 Å². The van der Waals surface area contributed by atoms with Crippen LogP contribution in [0.15, 0.2) is 70.8 Å². The number of aliphatic hydroxyl groups is 2. The Bertz CT molecular complexity index is 1030. The Labute approximate surface area is 267 Å². The van der Waals surface area contributed by atoms with Gasteiger partial charge in [-0.1, -0.05) is 65.5 Å². The number of ether oxygens (including phenoxy) is 1. The van der Waals surface area contributed by atoms with E-state index in [0.717, 1.165) is 29.1 Å². The molecule has 1 atom stereocenters. The number of allylic oxidation sites excluding steroid dienone is 5. The number of aliphatic imine (C=N–C) groups is 2. The highest BCUT2D eigenvalue weighted by Crippen LogP contribution is 2.23. The summed E-state index contributed by atoms with van der Waals surface area (Å²) in [6.07, 6.45) is 8.17. The number of methoxy groups -OCH3 is 1. The van der Waals surface area contributed by atoms with E-state index in [2.05, 4.69) is 54.0 Å². The molecule has 254 valence electrons. The molecule has 0 unspecified atom stereocenters. The number of hydrogen-bond acceptors (Lipinski definition) is 6. The van der Waals surface area contributed by atoms with Crippen LogP contribution in [0.3, 0.4) is 0 Å². The zero-order valence-corrected chi connectivity index (χ0v) is 29.6. The van der Waals surface area contributed by atoms with Crippen molar-refractivity contribution in [2.75, 3.05) is 27.8 Å². The maximum absolute atomic E-state index is 15.0. The molecule has 0 saturated heterocycles. The average Bonchev–Trinajstić information content (AvgIpc) is 2.93. The van der Waals surface area contributed by atoms with Crippen molar-refractivity contribution in [2.45, 2.75) is 94.4 Å². The van der Waals surface area contributed by atoms with E-state index in [1.165, 1.54) is 13.8 Å². The highest BCUT2D eigenvalue weighted by molar-refractivity contribution is 6.16. The van der Waals surface area contributed by atoms with Crippen LogP contribution in [-0.4, -0.2) is 61.4 Å². The normalized spacial score (nSPS) is 12.6. The van der Waals surface area contributed by atoms with Crippen molar-refractivity contribution in [3.63, 3.8) is 0 Å². The predicted octanol–water partition coefficient (Wildman–Crippen LogP) is 8.05. The fourth-order valence-corrected chi connectivity index (χ4v) is 2.86. The van der Waals surface area contributed by atoms with Gasteiger partial charge in [0.25, 0.3) is 0 Å². The summed E-state index contributed by atoms with van der Waals surface area (Å²) in [6.45, 7) is 28.2.